The molecule has 0 aromatic rings. The van der Waals surface area contributed by atoms with Crippen molar-refractivity contribution in [3.05, 3.63) is 0 Å². The molecule has 3 radical (unpaired) electrons. The van der Waals surface area contributed by atoms with Crippen molar-refractivity contribution >= 4 is 89.3 Å². The third kappa shape index (κ3) is 8.85. The van der Waals surface area contributed by atoms with Crippen LogP contribution in [0.5, 0.6) is 0 Å². The summed E-state index contributed by atoms with van der Waals surface area (Å²) in [6.45, 7) is 0. The first kappa shape index (κ1) is 29.0. The first-order valence-corrected chi connectivity index (χ1v) is 0. The quantitative estimate of drug-likeness (QED) is 0.435. The Morgan fingerprint density at radius 2 is 1.25 bits per heavy atom. The molecule has 4 heteroatoms. The summed E-state index contributed by atoms with van der Waals surface area (Å²) in [5.41, 5.74) is 0. The van der Waals surface area contributed by atoms with E-state index in [0.717, 1.165) is 0 Å². The van der Waals surface area contributed by atoms with Gasteiger partial charge in [-0.2, -0.15) is 0 Å². The van der Waals surface area contributed by atoms with E-state index in [1.54, 1.807) is 0 Å². The summed E-state index contributed by atoms with van der Waals surface area (Å²) < 4.78 is 0. The van der Waals surface area contributed by atoms with Crippen molar-refractivity contribution in [2.75, 3.05) is 0 Å². The summed E-state index contributed by atoms with van der Waals surface area (Å²) in [5.74, 6) is 0. The van der Waals surface area contributed by atoms with E-state index < -0.39 is 0 Å². The van der Waals surface area contributed by atoms with Gasteiger partial charge in [0.15, 0.2) is 0 Å². The van der Waals surface area contributed by atoms with Crippen molar-refractivity contribution in [2.24, 2.45) is 0 Å². The monoisotopic (exact) mass is 211 g/mol. The maximum absolute atomic E-state index is 0. The van der Waals surface area contributed by atoms with Gasteiger partial charge in [0, 0.05) is 17.4 Å². The molecule has 1 nitrogen and oxygen atoms in total. The van der Waals surface area contributed by atoms with Crippen LogP contribution in [0, 0.1) is 0 Å². The number of hydrogen-bond donors (Lipinski definition) is 0. The first-order chi connectivity index (χ1) is 0. The maximum atomic E-state index is 0. The molecule has 0 unspecified atom stereocenters. The van der Waals surface area contributed by atoms with Crippen LogP contribution in [-0.4, -0.2) is 94.8 Å². The Morgan fingerprint density at radius 3 is 1.25 bits per heavy atom. The van der Waals surface area contributed by atoms with E-state index in [4.69, 9.17) is 0 Å². The van der Waals surface area contributed by atoms with Gasteiger partial charge in [0.25, 0.3) is 0 Å². The molecule has 0 aliphatic heterocycles. The number of rotatable bonds is 0. The van der Waals surface area contributed by atoms with Gasteiger partial charge in [-0.15, -0.1) is 0 Å². The molecule has 0 aliphatic carbocycles. The minimum atomic E-state index is 0. The van der Waals surface area contributed by atoms with E-state index in [-0.39, 0.29) is 100 Å². The van der Waals surface area contributed by atoms with Crippen LogP contribution in [0.2, 0.25) is 0 Å². The van der Waals surface area contributed by atoms with Crippen molar-refractivity contribution in [3.63, 3.8) is 0 Å². The van der Waals surface area contributed by atoms with Crippen LogP contribution in [0.1, 0.15) is 5.71 Å². The predicted octanol–water partition coefficient (Wildman–Crippen LogP) is -1.52. The van der Waals surface area contributed by atoms with Crippen LogP contribution in [0.3, 0.4) is 0 Å². The molecule has 0 aromatic carbocycles. The summed E-state index contributed by atoms with van der Waals surface area (Å²) in [6.07, 6.45) is 0. The SMILES string of the molecule is O.[Al].[Ba+2].[H-].[H-].[H-].[H-].[Mg+2]. The van der Waals surface area contributed by atoms with E-state index in [1.165, 1.54) is 0 Å². The Bertz CT molecular complexity index is 16.0. The summed E-state index contributed by atoms with van der Waals surface area (Å²) in [5, 5.41) is 0. The van der Waals surface area contributed by atoms with Crippen molar-refractivity contribution in [3.8, 4) is 0 Å². The molecule has 0 bridgehead atoms. The van der Waals surface area contributed by atoms with Gasteiger partial charge in [0.05, 0.1) is 0 Å². The molecular weight excluding hydrogens is 205 g/mol. The third-order valence-electron chi connectivity index (χ3n) is 0. The van der Waals surface area contributed by atoms with Crippen LogP contribution >= 0.6 is 0 Å². The standard InChI is InChI=1S/Al.Ba.Mg.H2O.4H/h;;;1H2;;;;/q;2*+2;;4*-1. The fraction of sp³-hybridized carbons (Fsp3) is 0. The van der Waals surface area contributed by atoms with Crippen LogP contribution in [0.15, 0.2) is 0 Å². The summed E-state index contributed by atoms with van der Waals surface area (Å²) >= 11 is 0. The molecule has 2 N–H and O–H groups in total. The average molecular weight is 211 g/mol. The molecule has 0 heterocycles. The van der Waals surface area contributed by atoms with Crippen LogP contribution in [0.4, 0.5) is 0 Å². The van der Waals surface area contributed by atoms with Gasteiger partial charge >= 0.3 is 71.9 Å². The second kappa shape index (κ2) is 17.0. The Hall–Kier alpha value is 2.83. The second-order valence-corrected chi connectivity index (χ2v) is 0. The summed E-state index contributed by atoms with van der Waals surface area (Å²) in [4.78, 5) is 0. The van der Waals surface area contributed by atoms with Gasteiger partial charge in [-0.3, -0.25) is 0 Å². The molecule has 0 atom stereocenters. The van der Waals surface area contributed by atoms with Crippen molar-refractivity contribution < 1.29 is 11.2 Å². The Kier molecular flexibility index (Phi) is 123. The fourth-order valence-corrected chi connectivity index (χ4v) is 0. The fourth-order valence-electron chi connectivity index (χ4n) is 0. The second-order valence-electron chi connectivity index (χ2n) is 0. The number of hydrogen-bond acceptors (Lipinski definition) is 0. The average Bonchev–Trinajstić information content (AvgIpc) is 0. The van der Waals surface area contributed by atoms with Crippen molar-refractivity contribution in [2.45, 2.75) is 0 Å². The van der Waals surface area contributed by atoms with Crippen molar-refractivity contribution in [1.82, 2.24) is 0 Å². The minimum absolute atomic E-state index is 0. The van der Waals surface area contributed by atoms with E-state index in [0.29, 0.717) is 0 Å². The van der Waals surface area contributed by atoms with Gasteiger partial charge in [-0.25, -0.2) is 0 Å². The summed E-state index contributed by atoms with van der Waals surface area (Å²) in [7, 11) is 0. The van der Waals surface area contributed by atoms with Crippen LogP contribution < -0.4 is 0 Å². The zero-order valence-electron chi connectivity index (χ0n) is 6.49. The molecule has 0 fully saturated rings. The van der Waals surface area contributed by atoms with E-state index in [1.807, 2.05) is 0 Å². The molecular formula is H6AlBaMgO. The van der Waals surface area contributed by atoms with Gasteiger partial charge < -0.3 is 11.2 Å². The molecule has 4 heavy (non-hydrogen) atoms. The zero-order chi connectivity index (χ0) is 0. The van der Waals surface area contributed by atoms with Crippen molar-refractivity contribution in [1.29, 1.82) is 0 Å². The first-order valence-electron chi connectivity index (χ1n) is 0. The molecule has 0 aliphatic rings. The Balaban J connectivity index is 0. The van der Waals surface area contributed by atoms with Crippen LogP contribution in [-0.2, 0) is 0 Å². The van der Waals surface area contributed by atoms with Gasteiger partial charge in [0.1, 0.15) is 0 Å². The van der Waals surface area contributed by atoms with E-state index in [9.17, 15) is 0 Å². The predicted molar refractivity (Wildman–Crippen MR) is 25.3 cm³/mol. The van der Waals surface area contributed by atoms with Gasteiger partial charge in [-0.1, -0.05) is 0 Å². The Labute approximate surface area is 98.5 Å². The summed E-state index contributed by atoms with van der Waals surface area (Å²) in [6, 6.07) is 0. The van der Waals surface area contributed by atoms with Gasteiger partial charge in [0.2, 0.25) is 0 Å². The van der Waals surface area contributed by atoms with Gasteiger partial charge in [-0.05, 0) is 0 Å². The zero-order valence-corrected chi connectivity index (χ0v) is 9.50. The molecule has 0 saturated carbocycles. The van der Waals surface area contributed by atoms with Crippen LogP contribution in [0.25, 0.3) is 0 Å². The molecule has 0 spiro atoms. The largest absolute Gasteiger partial charge is 2.00 e. The smallest absolute Gasteiger partial charge is 1.00 e. The molecule has 0 saturated heterocycles. The normalized spacial score (nSPS) is 0. The minimum Gasteiger partial charge on any atom is -1.00 e. The van der Waals surface area contributed by atoms with E-state index in [2.05, 4.69) is 0 Å². The topological polar surface area (TPSA) is 31.5 Å². The van der Waals surface area contributed by atoms with E-state index >= 15 is 0 Å². The molecule has 19 valence electrons. The molecule has 0 aromatic heterocycles. The molecule has 0 amide bonds. The Morgan fingerprint density at radius 1 is 1.25 bits per heavy atom. The third-order valence-corrected chi connectivity index (χ3v) is 0. The molecule has 0 rings (SSSR count). The maximum Gasteiger partial charge on any atom is 2.00 e.